The van der Waals surface area contributed by atoms with Crippen LogP contribution in [0.2, 0.25) is 0 Å². The maximum atomic E-state index is 11.8. The average Bonchev–Trinajstić information content (AvgIpc) is 2.71. The van der Waals surface area contributed by atoms with Crippen LogP contribution < -0.4 is 11.4 Å². The molecule has 1 aromatic rings. The van der Waals surface area contributed by atoms with Gasteiger partial charge in [-0.2, -0.15) is 4.98 Å². The number of hydrogen-bond donors (Lipinski definition) is 6. The molecule has 25 heavy (non-hydrogen) atoms. The normalized spacial score (nSPS) is 29.5. The van der Waals surface area contributed by atoms with Crippen molar-refractivity contribution in [1.29, 1.82) is 0 Å². The summed E-state index contributed by atoms with van der Waals surface area (Å²) in [6, 6.07) is 1.30. The predicted molar refractivity (Wildman–Crippen MR) is 91.1 cm³/mol. The molecule has 0 bridgehead atoms. The molecule has 1 aliphatic rings. The molecule has 0 saturated carbocycles. The largest absolute Gasteiger partial charge is 0.387 e. The molecule has 1 saturated heterocycles. The van der Waals surface area contributed by atoms with Crippen LogP contribution in [0, 0.1) is 0 Å². The minimum Gasteiger partial charge on any atom is -0.387 e. The average molecular weight is 435 g/mol. The molecule has 1 fully saturated rings. The van der Waals surface area contributed by atoms with E-state index in [9.17, 15) is 19.9 Å². The van der Waals surface area contributed by atoms with Crippen LogP contribution in [-0.2, 0) is 37.2 Å². The lowest BCUT2D eigenvalue weighted by Crippen LogP contribution is -2.36. The second-order valence-corrected chi connectivity index (χ2v) is 10.6. The highest BCUT2D eigenvalue weighted by molar-refractivity contribution is 8.14. The van der Waals surface area contributed by atoms with E-state index in [2.05, 4.69) is 32.9 Å². The van der Waals surface area contributed by atoms with E-state index in [1.807, 2.05) is 0 Å². The van der Waals surface area contributed by atoms with Crippen molar-refractivity contribution in [2.24, 2.45) is 0 Å². The molecule has 1 aromatic heterocycles. The highest BCUT2D eigenvalue weighted by Gasteiger charge is 2.45. The molecule has 16 heteroatoms. The lowest BCUT2D eigenvalue weighted by atomic mass is 10.1. The van der Waals surface area contributed by atoms with Gasteiger partial charge in [-0.3, -0.25) is 4.57 Å². The van der Waals surface area contributed by atoms with Crippen LogP contribution in [0.15, 0.2) is 17.1 Å². The van der Waals surface area contributed by atoms with Gasteiger partial charge in [-0.25, -0.2) is 9.11 Å². The van der Waals surface area contributed by atoms with Crippen LogP contribution in [0.1, 0.15) is 6.23 Å². The van der Waals surface area contributed by atoms with Crippen LogP contribution in [-0.4, -0.2) is 59.4 Å². The molecule has 0 aliphatic carbocycles. The number of anilines is 1. The van der Waals surface area contributed by atoms with E-state index in [0.29, 0.717) is 0 Å². The third-order valence-electron chi connectivity index (χ3n) is 3.07. The molecular formula is C9H15N3O9P2S2. The zero-order valence-electron chi connectivity index (χ0n) is 12.2. The Kier molecular flexibility index (Phi) is 6.48. The molecule has 0 radical (unpaired) electrons. The summed E-state index contributed by atoms with van der Waals surface area (Å²) in [5.74, 6) is -0.0315. The van der Waals surface area contributed by atoms with Gasteiger partial charge in [-0.1, -0.05) is 0 Å². The molecule has 7 N–H and O–H groups in total. The summed E-state index contributed by atoms with van der Waals surface area (Å²) in [6.07, 6.45) is -4.30. The number of ether oxygens (including phenoxy) is 1. The monoisotopic (exact) mass is 435 g/mol. The Morgan fingerprint density at radius 2 is 1.96 bits per heavy atom. The molecular weight excluding hydrogens is 420 g/mol. The van der Waals surface area contributed by atoms with E-state index in [4.69, 9.17) is 24.8 Å². The summed E-state index contributed by atoms with van der Waals surface area (Å²) in [6.45, 7) is -8.95. The molecule has 12 nitrogen and oxygen atoms in total. The summed E-state index contributed by atoms with van der Waals surface area (Å²) in [4.78, 5) is 42.9. The SMILES string of the molecule is Nc1ccn([C@@H]2O[C@H](COP(O)(=S)OP(O)(O)=S)[C@@H](O)[C@H]2O)c(=O)n1. The minimum atomic E-state index is -4.26. The van der Waals surface area contributed by atoms with Gasteiger partial charge in [0.25, 0.3) is 0 Å². The lowest BCUT2D eigenvalue weighted by Gasteiger charge is -2.21. The number of rotatable bonds is 6. The molecule has 1 aliphatic heterocycles. The first-order chi connectivity index (χ1) is 11.4. The number of nitrogens with two attached hydrogens (primary N) is 1. The van der Waals surface area contributed by atoms with Crippen LogP contribution in [0.5, 0.6) is 0 Å². The van der Waals surface area contributed by atoms with E-state index >= 15 is 0 Å². The fourth-order valence-corrected chi connectivity index (χ4v) is 5.85. The van der Waals surface area contributed by atoms with E-state index in [-0.39, 0.29) is 5.82 Å². The molecule has 2 heterocycles. The Bertz CT molecular complexity index is 786. The second kappa shape index (κ2) is 7.72. The molecule has 0 aromatic carbocycles. The standard InChI is InChI=1S/C9H15N3O9P2S2/c10-5-1-2-12(9(15)11-5)8-7(14)6(13)4(20-8)3-19-23(18,25)21-22(16,17)24/h1-2,4,6-8,13-14H,3H2,(H,18,25)(H2,10,11,15)(H2,16,17,24)/t4-,6-,7-,8-,23?/m1/s1. The van der Waals surface area contributed by atoms with Gasteiger partial charge >= 0.3 is 19.1 Å². The first-order valence-electron chi connectivity index (χ1n) is 6.50. The summed E-state index contributed by atoms with van der Waals surface area (Å²) < 4.78 is 15.4. The Hall–Kier alpha value is -0.340. The first-order valence-corrected chi connectivity index (χ1v) is 11.7. The van der Waals surface area contributed by atoms with Crippen molar-refractivity contribution in [1.82, 2.24) is 9.55 Å². The number of aliphatic hydroxyl groups is 2. The number of nitrogens with zero attached hydrogens (tertiary/aromatic N) is 2. The highest BCUT2D eigenvalue weighted by atomic mass is 32.5. The van der Waals surface area contributed by atoms with Crippen LogP contribution in [0.3, 0.4) is 0 Å². The van der Waals surface area contributed by atoms with Gasteiger partial charge in [0.1, 0.15) is 24.1 Å². The van der Waals surface area contributed by atoms with Gasteiger partial charge in [0, 0.05) is 6.20 Å². The van der Waals surface area contributed by atoms with Crippen LogP contribution >= 0.6 is 13.4 Å². The Balaban J connectivity index is 2.08. The smallest absolute Gasteiger partial charge is 0.351 e. The van der Waals surface area contributed by atoms with E-state index in [1.165, 1.54) is 12.3 Å². The summed E-state index contributed by atoms with van der Waals surface area (Å²) in [7, 11) is 0. The minimum absolute atomic E-state index is 0.0315. The maximum Gasteiger partial charge on any atom is 0.351 e. The summed E-state index contributed by atoms with van der Waals surface area (Å²) in [5, 5.41) is 20.0. The zero-order valence-corrected chi connectivity index (χ0v) is 15.6. The third-order valence-corrected chi connectivity index (χ3v) is 6.74. The molecule has 0 amide bonds. The molecule has 0 spiro atoms. The maximum absolute atomic E-state index is 11.8. The van der Waals surface area contributed by atoms with E-state index in [0.717, 1.165) is 4.57 Å². The second-order valence-electron chi connectivity index (χ2n) is 4.93. The van der Waals surface area contributed by atoms with Crippen molar-refractivity contribution in [2.75, 3.05) is 12.3 Å². The first kappa shape index (κ1) is 21.0. The van der Waals surface area contributed by atoms with E-state index in [1.54, 1.807) is 0 Å². The number of nitrogen functional groups attached to an aromatic ring is 1. The third kappa shape index (κ3) is 5.57. The molecule has 5 atom stereocenters. The fourth-order valence-electron chi connectivity index (χ4n) is 2.04. The van der Waals surface area contributed by atoms with Crippen molar-refractivity contribution >= 4 is 42.9 Å². The Labute approximate surface area is 150 Å². The van der Waals surface area contributed by atoms with Gasteiger partial charge in [0.15, 0.2) is 6.23 Å². The van der Waals surface area contributed by atoms with Gasteiger partial charge in [-0.05, 0) is 29.7 Å². The summed E-state index contributed by atoms with van der Waals surface area (Å²) >= 11 is 8.71. The van der Waals surface area contributed by atoms with Gasteiger partial charge in [-0.15, -0.1) is 0 Å². The quantitative estimate of drug-likeness (QED) is 0.267. The molecule has 142 valence electrons. The number of aromatic nitrogens is 2. The van der Waals surface area contributed by atoms with Crippen LogP contribution in [0.4, 0.5) is 5.82 Å². The lowest BCUT2D eigenvalue weighted by molar-refractivity contribution is -0.0525. The van der Waals surface area contributed by atoms with Crippen molar-refractivity contribution < 1.29 is 38.5 Å². The Morgan fingerprint density at radius 1 is 1.32 bits per heavy atom. The summed E-state index contributed by atoms with van der Waals surface area (Å²) in [5.41, 5.74) is 4.56. The van der Waals surface area contributed by atoms with Crippen molar-refractivity contribution in [2.45, 2.75) is 24.5 Å². The number of aliphatic hydroxyl groups excluding tert-OH is 2. The Morgan fingerprint density at radius 3 is 2.52 bits per heavy atom. The van der Waals surface area contributed by atoms with Crippen LogP contribution in [0.25, 0.3) is 0 Å². The predicted octanol–water partition coefficient (Wildman–Crippen LogP) is -2.10. The highest BCUT2D eigenvalue weighted by Crippen LogP contribution is 2.58. The topological polar surface area (TPSA) is 190 Å². The van der Waals surface area contributed by atoms with E-state index < -0.39 is 50.3 Å². The fraction of sp³-hybridized carbons (Fsp3) is 0.556. The van der Waals surface area contributed by atoms with Gasteiger partial charge < -0.3 is 39.9 Å². The van der Waals surface area contributed by atoms with Crippen molar-refractivity contribution in [3.8, 4) is 0 Å². The van der Waals surface area contributed by atoms with Crippen molar-refractivity contribution in [3.05, 3.63) is 22.7 Å². The zero-order chi connectivity index (χ0) is 19.0. The molecule has 2 rings (SSSR count). The van der Waals surface area contributed by atoms with Gasteiger partial charge in [0.2, 0.25) is 0 Å². The van der Waals surface area contributed by atoms with Gasteiger partial charge in [0.05, 0.1) is 6.61 Å². The van der Waals surface area contributed by atoms with Crippen molar-refractivity contribution in [3.63, 3.8) is 0 Å². The number of hydrogen-bond acceptors (Lipinski definition) is 10. The molecule has 1 unspecified atom stereocenters.